The van der Waals surface area contributed by atoms with E-state index in [9.17, 15) is 9.59 Å². The van der Waals surface area contributed by atoms with Gasteiger partial charge in [0.15, 0.2) is 0 Å². The van der Waals surface area contributed by atoms with E-state index in [0.717, 1.165) is 12.8 Å². The summed E-state index contributed by atoms with van der Waals surface area (Å²) in [6.45, 7) is 0.506. The number of carboxylic acid groups (broad SMARTS) is 1. The molecule has 0 spiro atoms. The monoisotopic (exact) mass is 254 g/mol. The van der Waals surface area contributed by atoms with Gasteiger partial charge >= 0.3 is 5.97 Å². The normalized spacial score (nSPS) is 33.7. The van der Waals surface area contributed by atoms with Crippen molar-refractivity contribution in [2.24, 2.45) is 23.5 Å². The van der Waals surface area contributed by atoms with Crippen LogP contribution in [-0.2, 0) is 9.59 Å². The Balaban J connectivity index is 1.85. The molecule has 2 aliphatic carbocycles. The van der Waals surface area contributed by atoms with E-state index < -0.39 is 5.97 Å². The molecule has 2 bridgehead atoms. The van der Waals surface area contributed by atoms with Gasteiger partial charge in [-0.1, -0.05) is 0 Å². The number of aliphatic carboxylic acids is 1. The first kappa shape index (κ1) is 13.3. The van der Waals surface area contributed by atoms with Crippen molar-refractivity contribution in [2.75, 3.05) is 13.6 Å². The number of carbonyl (C=O) groups is 2. The van der Waals surface area contributed by atoms with Gasteiger partial charge in [-0.3, -0.25) is 9.59 Å². The van der Waals surface area contributed by atoms with Crippen LogP contribution in [0.3, 0.4) is 0 Å². The van der Waals surface area contributed by atoms with E-state index in [1.165, 1.54) is 6.42 Å². The summed E-state index contributed by atoms with van der Waals surface area (Å²) >= 11 is 0. The second kappa shape index (κ2) is 5.26. The molecule has 5 nitrogen and oxygen atoms in total. The Kier molecular flexibility index (Phi) is 3.90. The molecule has 0 radical (unpaired) electrons. The van der Waals surface area contributed by atoms with Crippen molar-refractivity contribution in [1.29, 1.82) is 0 Å². The molecule has 4 atom stereocenters. The predicted octanol–water partition coefficient (Wildman–Crippen LogP) is 0.683. The van der Waals surface area contributed by atoms with Gasteiger partial charge in [0.05, 0.1) is 5.92 Å². The summed E-state index contributed by atoms with van der Waals surface area (Å²) in [6, 6.07) is 0.0122. The van der Waals surface area contributed by atoms with E-state index in [0.29, 0.717) is 24.8 Å². The van der Waals surface area contributed by atoms with Crippen LogP contribution >= 0.6 is 0 Å². The van der Waals surface area contributed by atoms with Crippen molar-refractivity contribution in [2.45, 2.75) is 38.1 Å². The first-order valence-electron chi connectivity index (χ1n) is 6.73. The smallest absolute Gasteiger partial charge is 0.303 e. The van der Waals surface area contributed by atoms with E-state index in [2.05, 4.69) is 0 Å². The predicted molar refractivity (Wildman–Crippen MR) is 66.8 cm³/mol. The van der Waals surface area contributed by atoms with Crippen molar-refractivity contribution >= 4 is 11.9 Å². The van der Waals surface area contributed by atoms with Crippen LogP contribution in [0, 0.1) is 17.8 Å². The Bertz CT molecular complexity index is 343. The van der Waals surface area contributed by atoms with E-state index in [1.54, 1.807) is 11.9 Å². The van der Waals surface area contributed by atoms with E-state index in [1.807, 2.05) is 0 Å². The van der Waals surface area contributed by atoms with Crippen LogP contribution in [0.1, 0.15) is 32.1 Å². The Labute approximate surface area is 107 Å². The second-order valence-corrected chi connectivity index (χ2v) is 5.69. The Morgan fingerprint density at radius 3 is 2.56 bits per heavy atom. The standard InChI is InChI=1S/C13H22N2O3/c1-15(6-2-3-10(16)17)13(18)11-8-4-5-9(7-8)12(11)14/h8-9,11-12H,2-7,14H2,1H3,(H,16,17). The Hall–Kier alpha value is -1.10. The van der Waals surface area contributed by atoms with Gasteiger partial charge in [0, 0.05) is 26.1 Å². The number of fused-ring (bicyclic) bond motifs is 2. The van der Waals surface area contributed by atoms with Gasteiger partial charge < -0.3 is 15.7 Å². The summed E-state index contributed by atoms with van der Waals surface area (Å²) in [5.41, 5.74) is 6.14. The summed E-state index contributed by atoms with van der Waals surface area (Å²) in [6.07, 6.45) is 4.00. The summed E-state index contributed by atoms with van der Waals surface area (Å²) in [7, 11) is 1.75. The Morgan fingerprint density at radius 1 is 1.33 bits per heavy atom. The molecule has 4 unspecified atom stereocenters. The average molecular weight is 254 g/mol. The summed E-state index contributed by atoms with van der Waals surface area (Å²) in [5.74, 6) is 0.252. The number of carboxylic acids is 1. The highest BCUT2D eigenvalue weighted by molar-refractivity contribution is 5.80. The zero-order chi connectivity index (χ0) is 13.3. The number of amides is 1. The molecule has 1 amide bonds. The molecule has 2 rings (SSSR count). The fourth-order valence-electron chi connectivity index (χ4n) is 3.53. The summed E-state index contributed by atoms with van der Waals surface area (Å²) < 4.78 is 0. The highest BCUT2D eigenvalue weighted by atomic mass is 16.4. The van der Waals surface area contributed by atoms with E-state index >= 15 is 0 Å². The van der Waals surface area contributed by atoms with Gasteiger partial charge in [0.1, 0.15) is 0 Å². The maximum atomic E-state index is 12.3. The summed E-state index contributed by atoms with van der Waals surface area (Å²) in [5, 5.41) is 8.58. The first-order chi connectivity index (χ1) is 8.50. The molecule has 5 heteroatoms. The van der Waals surface area contributed by atoms with Crippen LogP contribution in [-0.4, -0.2) is 41.5 Å². The third-order valence-electron chi connectivity index (χ3n) is 4.53. The van der Waals surface area contributed by atoms with E-state index in [-0.39, 0.29) is 24.3 Å². The van der Waals surface area contributed by atoms with E-state index in [4.69, 9.17) is 10.8 Å². The van der Waals surface area contributed by atoms with Crippen molar-refractivity contribution < 1.29 is 14.7 Å². The van der Waals surface area contributed by atoms with Gasteiger partial charge in [0.2, 0.25) is 5.91 Å². The Morgan fingerprint density at radius 2 is 2.00 bits per heavy atom. The lowest BCUT2D eigenvalue weighted by Gasteiger charge is -2.30. The van der Waals surface area contributed by atoms with Gasteiger partial charge in [-0.05, 0) is 37.5 Å². The molecule has 2 fully saturated rings. The maximum Gasteiger partial charge on any atom is 0.303 e. The third-order valence-corrected chi connectivity index (χ3v) is 4.53. The van der Waals surface area contributed by atoms with Crippen LogP contribution in [0.5, 0.6) is 0 Å². The molecule has 0 heterocycles. The number of hydrogen-bond donors (Lipinski definition) is 2. The minimum atomic E-state index is -0.813. The second-order valence-electron chi connectivity index (χ2n) is 5.69. The lowest BCUT2D eigenvalue weighted by atomic mass is 9.84. The molecule has 18 heavy (non-hydrogen) atoms. The fraction of sp³-hybridized carbons (Fsp3) is 0.846. The molecule has 102 valence electrons. The van der Waals surface area contributed by atoms with Crippen molar-refractivity contribution in [1.82, 2.24) is 4.90 Å². The SMILES string of the molecule is CN(CCCC(=O)O)C(=O)C1C2CCC(C2)C1N. The number of nitrogens with two attached hydrogens (primary N) is 1. The van der Waals surface area contributed by atoms with Gasteiger partial charge in [-0.25, -0.2) is 0 Å². The fourth-order valence-corrected chi connectivity index (χ4v) is 3.53. The minimum absolute atomic E-state index is 0.0122. The molecule has 0 saturated heterocycles. The quantitative estimate of drug-likeness (QED) is 0.756. The number of carbonyl (C=O) groups excluding carboxylic acids is 1. The third kappa shape index (κ3) is 2.51. The summed E-state index contributed by atoms with van der Waals surface area (Å²) in [4.78, 5) is 24.4. The minimum Gasteiger partial charge on any atom is -0.481 e. The number of hydrogen-bond acceptors (Lipinski definition) is 3. The van der Waals surface area contributed by atoms with Crippen LogP contribution in [0.15, 0.2) is 0 Å². The van der Waals surface area contributed by atoms with Crippen molar-refractivity contribution in [3.63, 3.8) is 0 Å². The molecule has 2 saturated carbocycles. The molecular formula is C13H22N2O3. The van der Waals surface area contributed by atoms with Gasteiger partial charge in [-0.2, -0.15) is 0 Å². The molecule has 3 N–H and O–H groups in total. The zero-order valence-electron chi connectivity index (χ0n) is 10.8. The first-order valence-corrected chi connectivity index (χ1v) is 6.73. The number of nitrogens with zero attached hydrogens (tertiary/aromatic N) is 1. The zero-order valence-corrected chi connectivity index (χ0v) is 10.8. The van der Waals surface area contributed by atoms with Gasteiger partial charge in [-0.15, -0.1) is 0 Å². The molecule has 0 aromatic heterocycles. The molecule has 0 aliphatic heterocycles. The molecule has 0 aromatic rings. The molecule has 0 aromatic carbocycles. The lowest BCUT2D eigenvalue weighted by molar-refractivity contribution is -0.139. The maximum absolute atomic E-state index is 12.3. The lowest BCUT2D eigenvalue weighted by Crippen LogP contribution is -2.46. The topological polar surface area (TPSA) is 83.6 Å². The average Bonchev–Trinajstić information content (AvgIpc) is 2.88. The number of rotatable bonds is 5. The van der Waals surface area contributed by atoms with Crippen LogP contribution in [0.25, 0.3) is 0 Å². The highest BCUT2D eigenvalue weighted by Crippen LogP contribution is 2.48. The molecular weight excluding hydrogens is 232 g/mol. The van der Waals surface area contributed by atoms with Crippen LogP contribution in [0.2, 0.25) is 0 Å². The largest absolute Gasteiger partial charge is 0.481 e. The van der Waals surface area contributed by atoms with Crippen molar-refractivity contribution in [3.8, 4) is 0 Å². The highest BCUT2D eigenvalue weighted by Gasteiger charge is 2.49. The van der Waals surface area contributed by atoms with Crippen LogP contribution in [0.4, 0.5) is 0 Å². The molecule has 2 aliphatic rings. The van der Waals surface area contributed by atoms with Crippen LogP contribution < -0.4 is 5.73 Å². The van der Waals surface area contributed by atoms with Gasteiger partial charge in [0.25, 0.3) is 0 Å². The van der Waals surface area contributed by atoms with Crippen molar-refractivity contribution in [3.05, 3.63) is 0 Å².